The number of non-ortho nitro benzene ring substituents is 1. The number of hydrogen-bond donors (Lipinski definition) is 1. The molecule has 0 aliphatic carbocycles. The largest absolute Gasteiger partial charge is 0.302 e. The van der Waals surface area contributed by atoms with Gasteiger partial charge in [0.15, 0.2) is 5.16 Å². The highest BCUT2D eigenvalue weighted by Crippen LogP contribution is 2.30. The molecule has 13 heteroatoms. The van der Waals surface area contributed by atoms with E-state index in [-0.39, 0.29) is 16.5 Å². The van der Waals surface area contributed by atoms with Crippen LogP contribution in [-0.4, -0.2) is 38.1 Å². The van der Waals surface area contributed by atoms with Crippen molar-refractivity contribution in [2.24, 2.45) is 0 Å². The molecule has 5 rings (SSSR count). The zero-order valence-electron chi connectivity index (χ0n) is 23.3. The van der Waals surface area contributed by atoms with Crippen molar-refractivity contribution in [2.75, 3.05) is 4.72 Å². The number of rotatable bonds is 13. The van der Waals surface area contributed by atoms with E-state index in [0.717, 1.165) is 46.9 Å². The van der Waals surface area contributed by atoms with Gasteiger partial charge in [0.2, 0.25) is 5.95 Å². The van der Waals surface area contributed by atoms with E-state index in [1.807, 2.05) is 24.3 Å². The van der Waals surface area contributed by atoms with Gasteiger partial charge in [0.1, 0.15) is 5.82 Å². The summed E-state index contributed by atoms with van der Waals surface area (Å²) in [6.07, 6.45) is 5.75. The normalized spacial score (nSPS) is 11.4. The van der Waals surface area contributed by atoms with Crippen molar-refractivity contribution < 1.29 is 13.3 Å². The van der Waals surface area contributed by atoms with Crippen molar-refractivity contribution in [3.63, 3.8) is 0 Å². The van der Waals surface area contributed by atoms with Crippen molar-refractivity contribution in [3.05, 3.63) is 118 Å². The number of unbranched alkanes of at least 4 members (excludes halogenated alkanes) is 1. The molecule has 0 atom stereocenters. The van der Waals surface area contributed by atoms with Gasteiger partial charge in [0.05, 0.1) is 16.4 Å². The number of aryl methyl sites for hydroxylation is 1. The summed E-state index contributed by atoms with van der Waals surface area (Å²) in [5.74, 6) is 1.49. The predicted molar refractivity (Wildman–Crippen MR) is 165 cm³/mol. The third-order valence-electron chi connectivity index (χ3n) is 6.64. The maximum atomic E-state index is 13.2. The molecule has 1 N–H and O–H groups in total. The molecule has 0 aliphatic rings. The van der Waals surface area contributed by atoms with Gasteiger partial charge in [-0.15, -0.1) is 10.2 Å². The Morgan fingerprint density at radius 1 is 0.907 bits per heavy atom. The van der Waals surface area contributed by atoms with Crippen LogP contribution in [0.1, 0.15) is 36.7 Å². The molecule has 5 aromatic rings. The molecule has 43 heavy (non-hydrogen) atoms. The Morgan fingerprint density at radius 2 is 1.60 bits per heavy atom. The van der Waals surface area contributed by atoms with Gasteiger partial charge in [-0.1, -0.05) is 79.7 Å². The van der Waals surface area contributed by atoms with Crippen molar-refractivity contribution in [1.82, 2.24) is 24.7 Å². The van der Waals surface area contributed by atoms with Crippen LogP contribution in [0, 0.1) is 10.1 Å². The van der Waals surface area contributed by atoms with Gasteiger partial charge in [0, 0.05) is 42.3 Å². The molecule has 0 unspecified atom stereocenters. The van der Waals surface area contributed by atoms with Crippen LogP contribution in [0.5, 0.6) is 0 Å². The lowest BCUT2D eigenvalue weighted by molar-refractivity contribution is -0.384. The van der Waals surface area contributed by atoms with Gasteiger partial charge in [-0.3, -0.25) is 10.1 Å². The van der Waals surface area contributed by atoms with E-state index in [2.05, 4.69) is 36.4 Å². The molecule has 0 bridgehead atoms. The fourth-order valence-electron chi connectivity index (χ4n) is 4.40. The van der Waals surface area contributed by atoms with E-state index in [0.29, 0.717) is 17.9 Å². The number of aromatic nitrogens is 5. The summed E-state index contributed by atoms with van der Waals surface area (Å²) in [6, 6.07) is 22.7. The molecule has 220 valence electrons. The Hall–Kier alpha value is -4.62. The summed E-state index contributed by atoms with van der Waals surface area (Å²) in [5.41, 5.74) is 3.33. The molecule has 0 saturated heterocycles. The van der Waals surface area contributed by atoms with Crippen LogP contribution >= 0.6 is 11.8 Å². The summed E-state index contributed by atoms with van der Waals surface area (Å²) in [6.45, 7) is 2.67. The Labute approximate surface area is 253 Å². The van der Waals surface area contributed by atoms with Crippen LogP contribution in [0.2, 0.25) is 0 Å². The van der Waals surface area contributed by atoms with E-state index >= 15 is 0 Å². The van der Waals surface area contributed by atoms with Gasteiger partial charge >= 0.3 is 0 Å². The summed E-state index contributed by atoms with van der Waals surface area (Å²) in [4.78, 5) is 18.6. The number of nitro benzene ring substituents is 1. The third-order valence-corrected chi connectivity index (χ3v) is 9.06. The molecule has 0 radical (unpaired) electrons. The summed E-state index contributed by atoms with van der Waals surface area (Å²) in [7, 11) is -3.93. The third kappa shape index (κ3) is 7.43. The van der Waals surface area contributed by atoms with E-state index in [4.69, 9.17) is 0 Å². The minimum Gasteiger partial charge on any atom is -0.302 e. The summed E-state index contributed by atoms with van der Waals surface area (Å²) >= 11 is 1.53. The van der Waals surface area contributed by atoms with Crippen LogP contribution in [-0.2, 0) is 28.7 Å². The molecule has 3 aromatic carbocycles. The maximum Gasteiger partial charge on any atom is 0.269 e. The lowest BCUT2D eigenvalue weighted by Crippen LogP contribution is -2.15. The molecule has 0 spiro atoms. The van der Waals surface area contributed by atoms with Gasteiger partial charge in [-0.25, -0.2) is 23.1 Å². The van der Waals surface area contributed by atoms with Crippen molar-refractivity contribution in [3.8, 4) is 11.1 Å². The number of benzene rings is 3. The average molecular weight is 616 g/mol. The molecule has 11 nitrogen and oxygen atoms in total. The van der Waals surface area contributed by atoms with Gasteiger partial charge in [-0.2, -0.15) is 0 Å². The standard InChI is InChI=1S/C30H29N7O4S2/c1-2-3-9-28-33-34-30(42-21-23-12-16-25(17-13-23)37(38)39)36(28)20-22-10-14-24(15-11-22)26-7-4-5-8-27(26)43(40,41)35-29-31-18-6-19-32-29/h4-8,10-19H,2-3,9,20-21H2,1H3,(H,31,32,35). The van der Waals surface area contributed by atoms with Crippen molar-refractivity contribution in [1.29, 1.82) is 0 Å². The van der Waals surface area contributed by atoms with E-state index in [1.54, 1.807) is 42.5 Å². The van der Waals surface area contributed by atoms with Crippen LogP contribution in [0.4, 0.5) is 11.6 Å². The van der Waals surface area contributed by atoms with Gasteiger partial charge < -0.3 is 4.57 Å². The Kier molecular flexibility index (Phi) is 9.42. The number of hydrogen-bond acceptors (Lipinski definition) is 9. The first-order chi connectivity index (χ1) is 20.8. The van der Waals surface area contributed by atoms with Crippen LogP contribution in [0.3, 0.4) is 0 Å². The number of sulfonamides is 1. The topological polar surface area (TPSA) is 146 Å². The fourth-order valence-corrected chi connectivity index (χ4v) is 6.51. The summed E-state index contributed by atoms with van der Waals surface area (Å²) < 4.78 is 31.0. The highest BCUT2D eigenvalue weighted by atomic mass is 32.2. The second kappa shape index (κ2) is 13.6. The molecule has 2 heterocycles. The molecule has 2 aromatic heterocycles. The first-order valence-electron chi connectivity index (χ1n) is 13.6. The monoisotopic (exact) mass is 615 g/mol. The first kappa shape index (κ1) is 29.9. The van der Waals surface area contributed by atoms with E-state index in [1.165, 1.54) is 36.3 Å². The quantitative estimate of drug-likeness (QED) is 0.0939. The number of nitro groups is 1. The smallest absolute Gasteiger partial charge is 0.269 e. The molecule has 0 aliphatic heterocycles. The van der Waals surface area contributed by atoms with Gasteiger partial charge in [0.25, 0.3) is 15.7 Å². The Balaban J connectivity index is 1.36. The lowest BCUT2D eigenvalue weighted by atomic mass is 10.0. The fraction of sp³-hybridized carbons (Fsp3) is 0.200. The SMILES string of the molecule is CCCCc1nnc(SCc2ccc([N+](=O)[O-])cc2)n1Cc1ccc(-c2ccccc2S(=O)(=O)Nc2ncccn2)cc1. The van der Waals surface area contributed by atoms with E-state index in [9.17, 15) is 18.5 Å². The maximum absolute atomic E-state index is 13.2. The van der Waals surface area contributed by atoms with Crippen LogP contribution < -0.4 is 4.72 Å². The number of nitrogens with one attached hydrogen (secondary N) is 1. The molecule has 0 saturated carbocycles. The number of nitrogens with zero attached hydrogens (tertiary/aromatic N) is 6. The predicted octanol–water partition coefficient (Wildman–Crippen LogP) is 6.13. The minimum atomic E-state index is -3.93. The second-order valence-corrected chi connectivity index (χ2v) is 12.3. The zero-order valence-corrected chi connectivity index (χ0v) is 25.0. The van der Waals surface area contributed by atoms with Crippen LogP contribution in [0.15, 0.2) is 101 Å². The Bertz CT molecular complexity index is 1800. The second-order valence-electron chi connectivity index (χ2n) is 9.67. The first-order valence-corrected chi connectivity index (χ1v) is 16.1. The highest BCUT2D eigenvalue weighted by Gasteiger charge is 2.20. The lowest BCUT2D eigenvalue weighted by Gasteiger charge is -2.13. The average Bonchev–Trinajstić information content (AvgIpc) is 3.40. The van der Waals surface area contributed by atoms with Crippen molar-refractivity contribution in [2.45, 2.75) is 48.5 Å². The molecule has 0 amide bonds. The summed E-state index contributed by atoms with van der Waals surface area (Å²) in [5, 5.41) is 20.6. The Morgan fingerprint density at radius 3 is 2.30 bits per heavy atom. The number of thioether (sulfide) groups is 1. The van der Waals surface area contributed by atoms with Crippen LogP contribution in [0.25, 0.3) is 11.1 Å². The molecular weight excluding hydrogens is 587 g/mol. The molecular formula is C30H29N7O4S2. The van der Waals surface area contributed by atoms with Gasteiger partial charge in [-0.05, 0) is 35.2 Å². The highest BCUT2D eigenvalue weighted by molar-refractivity contribution is 7.98. The number of anilines is 1. The zero-order chi connectivity index (χ0) is 30.2. The molecule has 0 fully saturated rings. The minimum absolute atomic E-state index is 0.00252. The van der Waals surface area contributed by atoms with Crippen molar-refractivity contribution >= 4 is 33.4 Å². The van der Waals surface area contributed by atoms with E-state index < -0.39 is 14.9 Å².